The predicted octanol–water partition coefficient (Wildman–Crippen LogP) is 3.83. The van der Waals surface area contributed by atoms with E-state index in [-0.39, 0.29) is 29.8 Å². The van der Waals surface area contributed by atoms with E-state index in [4.69, 9.17) is 0 Å². The van der Waals surface area contributed by atoms with Gasteiger partial charge in [-0.25, -0.2) is 13.4 Å². The first-order valence-corrected chi connectivity index (χ1v) is 11.6. The lowest BCUT2D eigenvalue weighted by Gasteiger charge is -2.06. The second-order valence-electron chi connectivity index (χ2n) is 6.89. The number of hydrogen-bond donors (Lipinski definition) is 1. The highest BCUT2D eigenvalue weighted by Gasteiger charge is 2.29. The summed E-state index contributed by atoms with van der Waals surface area (Å²) in [5.74, 6) is 0.0731. The van der Waals surface area contributed by atoms with Crippen molar-refractivity contribution in [3.8, 4) is 11.3 Å². The number of sulfone groups is 1. The van der Waals surface area contributed by atoms with Gasteiger partial charge < -0.3 is 5.32 Å². The maximum Gasteiger partial charge on any atom is 0.226 e. The number of nitrogens with one attached hydrogen (secondary N) is 1. The van der Waals surface area contributed by atoms with E-state index in [1.165, 1.54) is 16.9 Å². The van der Waals surface area contributed by atoms with Crippen LogP contribution in [0, 0.1) is 12.8 Å². The Kier molecular flexibility index (Phi) is 5.77. The summed E-state index contributed by atoms with van der Waals surface area (Å²) in [4.78, 5) is 17.8. The van der Waals surface area contributed by atoms with Crippen molar-refractivity contribution in [3.63, 3.8) is 0 Å². The Morgan fingerprint density at radius 1 is 1.31 bits per heavy atom. The summed E-state index contributed by atoms with van der Waals surface area (Å²) in [6.07, 6.45) is 2.99. The van der Waals surface area contributed by atoms with Gasteiger partial charge in [-0.15, -0.1) is 11.3 Å². The van der Waals surface area contributed by atoms with Crippen LogP contribution in [0.25, 0.3) is 11.3 Å². The Labute approximate surface area is 158 Å². The normalized spacial score (nSPS) is 18.8. The minimum absolute atomic E-state index is 0.0772. The van der Waals surface area contributed by atoms with Crippen LogP contribution in [0.3, 0.4) is 0 Å². The average molecular weight is 393 g/mol. The highest BCUT2D eigenvalue weighted by molar-refractivity contribution is 7.91. The molecule has 0 saturated carbocycles. The standard InChI is InChI=1S/C19H24N2O3S2/c1-3-4-14-5-7-16(8-6-14)18-13(2)25-19(21-18)20-17(22)11-15-9-10-26(23,24)12-15/h5-8,15H,3-4,9-12H2,1-2H3,(H,20,21,22). The zero-order valence-corrected chi connectivity index (χ0v) is 16.8. The molecule has 1 amide bonds. The van der Waals surface area contributed by atoms with Gasteiger partial charge >= 0.3 is 0 Å². The van der Waals surface area contributed by atoms with Gasteiger partial charge in [0, 0.05) is 16.9 Å². The molecule has 1 aliphatic rings. The number of aromatic nitrogens is 1. The van der Waals surface area contributed by atoms with Crippen molar-refractivity contribution in [3.05, 3.63) is 34.7 Å². The lowest BCUT2D eigenvalue weighted by Crippen LogP contribution is -2.17. The van der Waals surface area contributed by atoms with Crippen molar-refractivity contribution in [2.24, 2.45) is 5.92 Å². The Bertz CT molecular complexity index is 886. The summed E-state index contributed by atoms with van der Waals surface area (Å²) < 4.78 is 23.0. The minimum Gasteiger partial charge on any atom is -0.302 e. The van der Waals surface area contributed by atoms with Crippen LogP contribution in [0.1, 0.15) is 36.6 Å². The lowest BCUT2D eigenvalue weighted by atomic mass is 10.1. The first kappa shape index (κ1) is 19.0. The number of amides is 1. The summed E-state index contributed by atoms with van der Waals surface area (Å²) >= 11 is 1.45. The summed E-state index contributed by atoms with van der Waals surface area (Å²) in [6, 6.07) is 8.39. The Balaban J connectivity index is 1.65. The van der Waals surface area contributed by atoms with Crippen LogP contribution >= 0.6 is 11.3 Å². The van der Waals surface area contributed by atoms with Gasteiger partial charge in [0.15, 0.2) is 15.0 Å². The number of carbonyl (C=O) groups is 1. The fourth-order valence-corrected chi connectivity index (χ4v) is 6.02. The molecule has 3 rings (SSSR count). The number of thiazole rings is 1. The molecule has 2 aromatic rings. The van der Waals surface area contributed by atoms with Crippen LogP contribution in [0.5, 0.6) is 0 Å². The summed E-state index contributed by atoms with van der Waals surface area (Å²) in [6.45, 7) is 4.15. The number of anilines is 1. The van der Waals surface area contributed by atoms with Crippen molar-refractivity contribution < 1.29 is 13.2 Å². The van der Waals surface area contributed by atoms with Gasteiger partial charge in [-0.3, -0.25) is 4.79 Å². The molecule has 1 saturated heterocycles. The van der Waals surface area contributed by atoms with Gasteiger partial charge in [0.2, 0.25) is 5.91 Å². The second-order valence-corrected chi connectivity index (χ2v) is 10.3. The monoisotopic (exact) mass is 392 g/mol. The average Bonchev–Trinajstić information content (AvgIpc) is 3.10. The van der Waals surface area contributed by atoms with E-state index in [0.717, 1.165) is 29.0 Å². The van der Waals surface area contributed by atoms with E-state index in [1.54, 1.807) is 0 Å². The Morgan fingerprint density at radius 3 is 2.65 bits per heavy atom. The molecule has 1 aromatic carbocycles. The van der Waals surface area contributed by atoms with Gasteiger partial charge in [-0.05, 0) is 31.2 Å². The molecule has 1 N–H and O–H groups in total. The molecule has 0 radical (unpaired) electrons. The lowest BCUT2D eigenvalue weighted by molar-refractivity contribution is -0.116. The van der Waals surface area contributed by atoms with Crippen LogP contribution in [0.4, 0.5) is 5.13 Å². The Morgan fingerprint density at radius 2 is 2.04 bits per heavy atom. The van der Waals surface area contributed by atoms with Crippen LogP contribution in [-0.2, 0) is 21.1 Å². The first-order chi connectivity index (χ1) is 12.4. The SMILES string of the molecule is CCCc1ccc(-c2nc(NC(=O)CC3CCS(=O)(=O)C3)sc2C)cc1. The number of carbonyl (C=O) groups excluding carboxylic acids is 1. The fourth-order valence-electron chi connectivity index (χ4n) is 3.30. The summed E-state index contributed by atoms with van der Waals surface area (Å²) in [7, 11) is -2.95. The first-order valence-electron chi connectivity index (χ1n) is 8.93. The number of rotatable bonds is 6. The molecule has 1 fully saturated rings. The highest BCUT2D eigenvalue weighted by Crippen LogP contribution is 2.31. The van der Waals surface area contributed by atoms with E-state index < -0.39 is 9.84 Å². The van der Waals surface area contributed by atoms with E-state index in [9.17, 15) is 13.2 Å². The smallest absolute Gasteiger partial charge is 0.226 e. The molecule has 1 aliphatic heterocycles. The third-order valence-electron chi connectivity index (χ3n) is 4.61. The van der Waals surface area contributed by atoms with E-state index in [1.807, 2.05) is 6.92 Å². The molecular weight excluding hydrogens is 368 g/mol. The zero-order valence-electron chi connectivity index (χ0n) is 15.1. The molecule has 1 aromatic heterocycles. The van der Waals surface area contributed by atoms with Gasteiger partial charge in [-0.1, -0.05) is 37.6 Å². The molecule has 1 atom stereocenters. The molecule has 2 heterocycles. The zero-order chi connectivity index (χ0) is 18.7. The maximum absolute atomic E-state index is 12.2. The molecule has 7 heteroatoms. The Hall–Kier alpha value is -1.73. The number of nitrogens with zero attached hydrogens (tertiary/aromatic N) is 1. The number of benzene rings is 1. The van der Waals surface area contributed by atoms with Crippen molar-refractivity contribution in [2.75, 3.05) is 16.8 Å². The van der Waals surface area contributed by atoms with Crippen LogP contribution in [0.2, 0.25) is 0 Å². The van der Waals surface area contributed by atoms with Gasteiger partial charge in [0.1, 0.15) is 0 Å². The molecular formula is C19H24N2O3S2. The molecule has 0 spiro atoms. The predicted molar refractivity (Wildman–Crippen MR) is 106 cm³/mol. The largest absolute Gasteiger partial charge is 0.302 e. The summed E-state index contributed by atoms with van der Waals surface area (Å²) in [5.41, 5.74) is 3.24. The van der Waals surface area contributed by atoms with Crippen LogP contribution < -0.4 is 5.32 Å². The molecule has 1 unspecified atom stereocenters. The highest BCUT2D eigenvalue weighted by atomic mass is 32.2. The van der Waals surface area contributed by atoms with Gasteiger partial charge in [-0.2, -0.15) is 0 Å². The van der Waals surface area contributed by atoms with Crippen molar-refractivity contribution >= 4 is 32.2 Å². The third-order valence-corrected chi connectivity index (χ3v) is 7.33. The second kappa shape index (κ2) is 7.88. The topological polar surface area (TPSA) is 76.1 Å². The molecule has 0 aliphatic carbocycles. The molecule has 140 valence electrons. The molecule has 0 bridgehead atoms. The third kappa shape index (κ3) is 4.71. The van der Waals surface area contributed by atoms with Crippen LogP contribution in [-0.4, -0.2) is 30.8 Å². The van der Waals surface area contributed by atoms with Crippen molar-refractivity contribution in [1.82, 2.24) is 4.98 Å². The van der Waals surface area contributed by atoms with E-state index >= 15 is 0 Å². The fraction of sp³-hybridized carbons (Fsp3) is 0.474. The molecule has 26 heavy (non-hydrogen) atoms. The molecule has 5 nitrogen and oxygen atoms in total. The maximum atomic E-state index is 12.2. The quantitative estimate of drug-likeness (QED) is 0.810. The van der Waals surface area contributed by atoms with Crippen molar-refractivity contribution in [2.45, 2.75) is 39.5 Å². The van der Waals surface area contributed by atoms with Crippen LogP contribution in [0.15, 0.2) is 24.3 Å². The van der Waals surface area contributed by atoms with E-state index in [0.29, 0.717) is 11.6 Å². The van der Waals surface area contributed by atoms with Gasteiger partial charge in [0.25, 0.3) is 0 Å². The number of hydrogen-bond acceptors (Lipinski definition) is 5. The van der Waals surface area contributed by atoms with Crippen molar-refractivity contribution in [1.29, 1.82) is 0 Å². The van der Waals surface area contributed by atoms with Gasteiger partial charge in [0.05, 0.1) is 17.2 Å². The van der Waals surface area contributed by atoms with E-state index in [2.05, 4.69) is 41.5 Å². The minimum atomic E-state index is -2.95. The summed E-state index contributed by atoms with van der Waals surface area (Å²) in [5, 5.41) is 3.40. The number of aryl methyl sites for hydroxylation is 2.